The SMILES string of the molecule is CN(C)C(=O)CC/C=C/c1ccc(Cl)cc1. The maximum absolute atomic E-state index is 11.3. The van der Waals surface area contributed by atoms with Gasteiger partial charge in [0.05, 0.1) is 0 Å². The maximum Gasteiger partial charge on any atom is 0.222 e. The van der Waals surface area contributed by atoms with Crippen LogP contribution in [0.2, 0.25) is 5.02 Å². The number of allylic oxidation sites excluding steroid dienone is 1. The Bertz CT molecular complexity index is 368. The molecule has 0 aliphatic carbocycles. The summed E-state index contributed by atoms with van der Waals surface area (Å²) in [6.07, 6.45) is 5.32. The lowest BCUT2D eigenvalue weighted by atomic mass is 10.2. The maximum atomic E-state index is 11.3. The molecule has 3 heteroatoms. The van der Waals surface area contributed by atoms with Crippen molar-refractivity contribution in [3.63, 3.8) is 0 Å². The summed E-state index contributed by atoms with van der Waals surface area (Å²) in [6, 6.07) is 7.61. The number of nitrogens with zero attached hydrogens (tertiary/aromatic N) is 1. The van der Waals surface area contributed by atoms with Gasteiger partial charge in [0, 0.05) is 25.5 Å². The number of benzene rings is 1. The highest BCUT2D eigenvalue weighted by atomic mass is 35.5. The molecule has 16 heavy (non-hydrogen) atoms. The van der Waals surface area contributed by atoms with Crippen LogP contribution < -0.4 is 0 Å². The van der Waals surface area contributed by atoms with Crippen molar-refractivity contribution in [2.75, 3.05) is 14.1 Å². The number of carbonyl (C=O) groups is 1. The molecule has 0 heterocycles. The standard InChI is InChI=1S/C13H16ClNO/c1-15(2)13(16)6-4-3-5-11-7-9-12(14)10-8-11/h3,5,7-10H,4,6H2,1-2H3/b5-3+. The Morgan fingerprint density at radius 1 is 1.31 bits per heavy atom. The van der Waals surface area contributed by atoms with Crippen LogP contribution >= 0.6 is 11.6 Å². The van der Waals surface area contributed by atoms with Gasteiger partial charge in [-0.3, -0.25) is 4.79 Å². The highest BCUT2D eigenvalue weighted by Gasteiger charge is 2.00. The monoisotopic (exact) mass is 237 g/mol. The van der Waals surface area contributed by atoms with Crippen LogP contribution in [0.15, 0.2) is 30.3 Å². The van der Waals surface area contributed by atoms with Gasteiger partial charge in [0.25, 0.3) is 0 Å². The molecule has 0 bridgehead atoms. The molecule has 0 aliphatic rings. The van der Waals surface area contributed by atoms with Crippen molar-refractivity contribution >= 4 is 23.6 Å². The Morgan fingerprint density at radius 3 is 2.50 bits per heavy atom. The highest BCUT2D eigenvalue weighted by Crippen LogP contribution is 2.11. The van der Waals surface area contributed by atoms with Gasteiger partial charge in [-0.05, 0) is 24.1 Å². The van der Waals surface area contributed by atoms with Crippen molar-refractivity contribution in [1.29, 1.82) is 0 Å². The van der Waals surface area contributed by atoms with E-state index in [1.54, 1.807) is 19.0 Å². The molecule has 0 N–H and O–H groups in total. The number of hydrogen-bond acceptors (Lipinski definition) is 1. The van der Waals surface area contributed by atoms with Crippen molar-refractivity contribution in [3.8, 4) is 0 Å². The summed E-state index contributed by atoms with van der Waals surface area (Å²) in [4.78, 5) is 12.9. The van der Waals surface area contributed by atoms with E-state index >= 15 is 0 Å². The van der Waals surface area contributed by atoms with Gasteiger partial charge in [-0.15, -0.1) is 0 Å². The van der Waals surface area contributed by atoms with E-state index in [1.807, 2.05) is 36.4 Å². The van der Waals surface area contributed by atoms with Crippen LogP contribution in [0.25, 0.3) is 6.08 Å². The van der Waals surface area contributed by atoms with Crippen LogP contribution in [0.5, 0.6) is 0 Å². The second-order valence-corrected chi connectivity index (χ2v) is 4.22. The molecule has 1 aromatic rings. The number of hydrogen-bond donors (Lipinski definition) is 0. The van der Waals surface area contributed by atoms with E-state index in [1.165, 1.54) is 0 Å². The minimum Gasteiger partial charge on any atom is -0.349 e. The summed E-state index contributed by atoms with van der Waals surface area (Å²) in [5.41, 5.74) is 1.10. The van der Waals surface area contributed by atoms with Gasteiger partial charge < -0.3 is 4.90 Å². The van der Waals surface area contributed by atoms with Crippen LogP contribution in [0, 0.1) is 0 Å². The first kappa shape index (κ1) is 12.8. The van der Waals surface area contributed by atoms with E-state index in [0.29, 0.717) is 6.42 Å². The highest BCUT2D eigenvalue weighted by molar-refractivity contribution is 6.30. The molecule has 0 spiro atoms. The van der Waals surface area contributed by atoms with Gasteiger partial charge in [0.15, 0.2) is 0 Å². The fourth-order valence-electron chi connectivity index (χ4n) is 1.22. The third kappa shape index (κ3) is 4.49. The molecule has 1 amide bonds. The summed E-state index contributed by atoms with van der Waals surface area (Å²) in [5.74, 6) is 0.153. The third-order valence-electron chi connectivity index (χ3n) is 2.20. The lowest BCUT2D eigenvalue weighted by molar-refractivity contribution is -0.128. The van der Waals surface area contributed by atoms with Crippen LogP contribution in [-0.4, -0.2) is 24.9 Å². The zero-order valence-corrected chi connectivity index (χ0v) is 10.4. The van der Waals surface area contributed by atoms with E-state index < -0.39 is 0 Å². The lowest BCUT2D eigenvalue weighted by Gasteiger charge is -2.07. The molecule has 0 saturated heterocycles. The molecule has 0 atom stereocenters. The molecular formula is C13H16ClNO. The normalized spacial score (nSPS) is 10.7. The van der Waals surface area contributed by atoms with E-state index in [9.17, 15) is 4.79 Å². The number of rotatable bonds is 4. The smallest absolute Gasteiger partial charge is 0.222 e. The molecule has 86 valence electrons. The largest absolute Gasteiger partial charge is 0.349 e. The Morgan fingerprint density at radius 2 is 1.94 bits per heavy atom. The molecule has 2 nitrogen and oxygen atoms in total. The third-order valence-corrected chi connectivity index (χ3v) is 2.46. The van der Waals surface area contributed by atoms with Crippen LogP contribution in [-0.2, 0) is 4.79 Å². The second-order valence-electron chi connectivity index (χ2n) is 3.78. The van der Waals surface area contributed by atoms with Crippen molar-refractivity contribution < 1.29 is 4.79 Å². The second kappa shape index (κ2) is 6.33. The first-order valence-electron chi connectivity index (χ1n) is 5.22. The average molecular weight is 238 g/mol. The summed E-state index contributed by atoms with van der Waals surface area (Å²) in [6.45, 7) is 0. The fourth-order valence-corrected chi connectivity index (χ4v) is 1.35. The van der Waals surface area contributed by atoms with Gasteiger partial charge in [-0.1, -0.05) is 35.9 Å². The minimum atomic E-state index is 0.153. The summed E-state index contributed by atoms with van der Waals surface area (Å²) in [7, 11) is 3.54. The first-order chi connectivity index (χ1) is 7.59. The molecule has 0 aromatic heterocycles. The zero-order chi connectivity index (χ0) is 12.0. The number of amides is 1. The minimum absolute atomic E-state index is 0.153. The Kier molecular flexibility index (Phi) is 5.06. The average Bonchev–Trinajstić information content (AvgIpc) is 2.26. The fraction of sp³-hybridized carbons (Fsp3) is 0.308. The molecular weight excluding hydrogens is 222 g/mol. The molecule has 1 aromatic carbocycles. The van der Waals surface area contributed by atoms with Crippen molar-refractivity contribution in [3.05, 3.63) is 40.9 Å². The van der Waals surface area contributed by atoms with Crippen LogP contribution in [0.3, 0.4) is 0 Å². The summed E-state index contributed by atoms with van der Waals surface area (Å²) in [5, 5.41) is 0.736. The van der Waals surface area contributed by atoms with Crippen molar-refractivity contribution in [2.45, 2.75) is 12.8 Å². The van der Waals surface area contributed by atoms with Gasteiger partial charge in [0.2, 0.25) is 5.91 Å². The van der Waals surface area contributed by atoms with Gasteiger partial charge >= 0.3 is 0 Å². The zero-order valence-electron chi connectivity index (χ0n) is 9.61. The van der Waals surface area contributed by atoms with Gasteiger partial charge in [-0.25, -0.2) is 0 Å². The van der Waals surface area contributed by atoms with E-state index in [4.69, 9.17) is 11.6 Å². The van der Waals surface area contributed by atoms with Crippen molar-refractivity contribution in [1.82, 2.24) is 4.90 Å². The Hall–Kier alpha value is -1.28. The van der Waals surface area contributed by atoms with Crippen LogP contribution in [0.4, 0.5) is 0 Å². The molecule has 0 radical (unpaired) electrons. The number of carbonyl (C=O) groups excluding carboxylic acids is 1. The Labute approximate surface area is 102 Å². The van der Waals surface area contributed by atoms with Crippen LogP contribution in [0.1, 0.15) is 18.4 Å². The van der Waals surface area contributed by atoms with E-state index in [2.05, 4.69) is 0 Å². The quantitative estimate of drug-likeness (QED) is 0.788. The molecule has 0 aliphatic heterocycles. The molecule has 0 saturated carbocycles. The predicted molar refractivity (Wildman–Crippen MR) is 68.4 cm³/mol. The first-order valence-corrected chi connectivity index (χ1v) is 5.59. The van der Waals surface area contributed by atoms with E-state index in [-0.39, 0.29) is 5.91 Å². The van der Waals surface area contributed by atoms with Crippen molar-refractivity contribution in [2.24, 2.45) is 0 Å². The van der Waals surface area contributed by atoms with E-state index in [0.717, 1.165) is 17.0 Å². The van der Waals surface area contributed by atoms with Gasteiger partial charge in [-0.2, -0.15) is 0 Å². The summed E-state index contributed by atoms with van der Waals surface area (Å²) >= 11 is 5.78. The molecule has 0 unspecified atom stereocenters. The molecule has 1 rings (SSSR count). The lowest BCUT2D eigenvalue weighted by Crippen LogP contribution is -2.20. The predicted octanol–water partition coefficient (Wildman–Crippen LogP) is 3.22. The number of halogens is 1. The Balaban J connectivity index is 2.38. The summed E-state index contributed by atoms with van der Waals surface area (Å²) < 4.78 is 0. The molecule has 0 fully saturated rings. The topological polar surface area (TPSA) is 20.3 Å². The van der Waals surface area contributed by atoms with Gasteiger partial charge in [0.1, 0.15) is 0 Å².